The van der Waals surface area contributed by atoms with Crippen LogP contribution in [-0.2, 0) is 5.60 Å². The number of carbonyl (C=O) groups excluding carboxylic acids is 1. The average molecular weight is 526 g/mol. The van der Waals surface area contributed by atoms with Crippen molar-refractivity contribution in [1.82, 2.24) is 15.5 Å². The van der Waals surface area contributed by atoms with Gasteiger partial charge in [0.15, 0.2) is 0 Å². The molecule has 0 unspecified atom stereocenters. The molecule has 5 nitrogen and oxygen atoms in total. The Morgan fingerprint density at radius 3 is 2.03 bits per heavy atom. The first-order valence-corrected chi connectivity index (χ1v) is 14.7. The van der Waals surface area contributed by atoms with Crippen molar-refractivity contribution in [3.63, 3.8) is 0 Å². The van der Waals surface area contributed by atoms with Gasteiger partial charge in [0.2, 0.25) is 0 Å². The van der Waals surface area contributed by atoms with Crippen LogP contribution in [0.2, 0.25) is 0 Å². The van der Waals surface area contributed by atoms with E-state index in [9.17, 15) is 9.90 Å². The van der Waals surface area contributed by atoms with E-state index in [1.165, 1.54) is 12.0 Å². The number of amides is 2. The fourth-order valence-corrected chi connectivity index (χ4v) is 6.60. The molecule has 3 aromatic rings. The largest absolute Gasteiger partial charge is 0.378 e. The van der Waals surface area contributed by atoms with Gasteiger partial charge in [0.25, 0.3) is 0 Å². The third-order valence-electron chi connectivity index (χ3n) is 8.90. The molecule has 2 amide bonds. The lowest BCUT2D eigenvalue weighted by Gasteiger charge is -2.41. The second-order valence-corrected chi connectivity index (χ2v) is 11.4. The summed E-state index contributed by atoms with van der Waals surface area (Å²) >= 11 is 0. The van der Waals surface area contributed by atoms with Gasteiger partial charge in [0.1, 0.15) is 5.60 Å². The number of carbonyl (C=O) groups is 1. The van der Waals surface area contributed by atoms with Gasteiger partial charge in [0, 0.05) is 18.6 Å². The van der Waals surface area contributed by atoms with E-state index in [0.717, 1.165) is 56.2 Å². The van der Waals surface area contributed by atoms with E-state index < -0.39 is 5.60 Å². The maximum absolute atomic E-state index is 13.6. The molecule has 1 heterocycles. The van der Waals surface area contributed by atoms with Crippen LogP contribution in [0.5, 0.6) is 0 Å². The highest BCUT2D eigenvalue weighted by Crippen LogP contribution is 2.40. The van der Waals surface area contributed by atoms with Crippen LogP contribution in [0.1, 0.15) is 74.6 Å². The van der Waals surface area contributed by atoms with Crippen LogP contribution < -0.4 is 10.6 Å². The summed E-state index contributed by atoms with van der Waals surface area (Å²) < 4.78 is 0. The molecule has 0 aromatic heterocycles. The van der Waals surface area contributed by atoms with Crippen molar-refractivity contribution in [2.75, 3.05) is 13.1 Å². The minimum atomic E-state index is -1.25. The monoisotopic (exact) mass is 525 g/mol. The van der Waals surface area contributed by atoms with Gasteiger partial charge < -0.3 is 20.6 Å². The highest BCUT2D eigenvalue weighted by atomic mass is 16.3. The van der Waals surface area contributed by atoms with Crippen LogP contribution in [0.25, 0.3) is 0 Å². The molecule has 0 radical (unpaired) electrons. The molecule has 2 aliphatic rings. The van der Waals surface area contributed by atoms with Crippen molar-refractivity contribution >= 4 is 6.03 Å². The normalized spacial score (nSPS) is 22.4. The minimum Gasteiger partial charge on any atom is -0.378 e. The van der Waals surface area contributed by atoms with Crippen LogP contribution >= 0.6 is 0 Å². The third kappa shape index (κ3) is 6.37. The number of nitrogens with zero attached hydrogens (tertiary/aromatic N) is 1. The molecule has 1 saturated carbocycles. The van der Waals surface area contributed by atoms with E-state index in [-0.39, 0.29) is 18.1 Å². The number of hydrogen-bond acceptors (Lipinski definition) is 3. The molecule has 1 aliphatic heterocycles. The van der Waals surface area contributed by atoms with Crippen LogP contribution in [0.4, 0.5) is 4.79 Å². The molecular weight excluding hydrogens is 482 g/mol. The highest BCUT2D eigenvalue weighted by molar-refractivity contribution is 5.75. The van der Waals surface area contributed by atoms with E-state index in [4.69, 9.17) is 0 Å². The van der Waals surface area contributed by atoms with Gasteiger partial charge in [-0.15, -0.1) is 0 Å². The Bertz CT molecular complexity index is 1120. The lowest BCUT2D eigenvalue weighted by atomic mass is 9.79. The summed E-state index contributed by atoms with van der Waals surface area (Å²) in [4.78, 5) is 15.5. The Labute approximate surface area is 233 Å². The van der Waals surface area contributed by atoms with Gasteiger partial charge in [-0.05, 0) is 81.0 Å². The topological polar surface area (TPSA) is 64.6 Å². The number of rotatable bonds is 9. The Kier molecular flexibility index (Phi) is 9.00. The average Bonchev–Trinajstić information content (AvgIpc) is 3.50. The molecule has 5 rings (SSSR count). The summed E-state index contributed by atoms with van der Waals surface area (Å²) in [5, 5.41) is 19.3. The van der Waals surface area contributed by atoms with E-state index in [1.54, 1.807) is 0 Å². The van der Waals surface area contributed by atoms with Crippen molar-refractivity contribution in [3.05, 3.63) is 108 Å². The smallest absolute Gasteiger partial charge is 0.317 e. The summed E-state index contributed by atoms with van der Waals surface area (Å²) in [5.41, 5.74) is 1.74. The Balaban J connectivity index is 1.16. The zero-order valence-electron chi connectivity index (χ0n) is 23.1. The summed E-state index contributed by atoms with van der Waals surface area (Å²) in [7, 11) is 0. The third-order valence-corrected chi connectivity index (χ3v) is 8.90. The van der Waals surface area contributed by atoms with E-state index >= 15 is 0 Å². The van der Waals surface area contributed by atoms with Crippen molar-refractivity contribution in [3.8, 4) is 0 Å². The SMILES string of the molecule is C[C@@H](NCCC1CCC(NC(=O)N2CCC[C@H]2C(O)(c2ccccc2)c2ccccc2)CC1)c1ccccc1. The molecule has 2 fully saturated rings. The Morgan fingerprint density at radius 1 is 0.872 bits per heavy atom. The zero-order valence-corrected chi connectivity index (χ0v) is 23.1. The Hall–Kier alpha value is -3.15. The van der Waals surface area contributed by atoms with Gasteiger partial charge in [-0.1, -0.05) is 91.0 Å². The number of likely N-dealkylation sites (tertiary alicyclic amines) is 1. The van der Waals surface area contributed by atoms with Gasteiger partial charge in [-0.3, -0.25) is 0 Å². The van der Waals surface area contributed by atoms with Crippen LogP contribution in [0.15, 0.2) is 91.0 Å². The molecule has 0 bridgehead atoms. The molecule has 0 spiro atoms. The molecule has 3 N–H and O–H groups in total. The standard InChI is InChI=1S/C34H43N3O2/c1-26(28-12-5-2-6-13-28)35-24-23-27-19-21-31(22-20-27)36-33(38)37-25-11-18-32(37)34(39,29-14-7-3-8-15-29)30-16-9-4-10-17-30/h2-10,12-17,26-27,31-32,35,39H,11,18-25H2,1H3,(H,36,38)/t26-,27?,31?,32+/m1/s1. The van der Waals surface area contributed by atoms with E-state index in [1.807, 2.05) is 65.6 Å². The maximum atomic E-state index is 13.6. The lowest BCUT2D eigenvalue weighted by molar-refractivity contribution is 0.00804. The zero-order chi connectivity index (χ0) is 27.1. The summed E-state index contributed by atoms with van der Waals surface area (Å²) in [5.74, 6) is 0.703. The quantitative estimate of drug-likeness (QED) is 0.303. The lowest BCUT2D eigenvalue weighted by Crippen LogP contribution is -2.54. The number of nitrogens with one attached hydrogen (secondary N) is 2. The molecule has 1 aliphatic carbocycles. The summed E-state index contributed by atoms with van der Waals surface area (Å²) in [6, 6.07) is 30.5. The van der Waals surface area contributed by atoms with Gasteiger partial charge in [-0.2, -0.15) is 0 Å². The van der Waals surface area contributed by atoms with Crippen molar-refractivity contribution in [2.24, 2.45) is 5.92 Å². The Morgan fingerprint density at radius 2 is 1.44 bits per heavy atom. The van der Waals surface area contributed by atoms with Gasteiger partial charge >= 0.3 is 6.03 Å². The second-order valence-electron chi connectivity index (χ2n) is 11.4. The maximum Gasteiger partial charge on any atom is 0.317 e. The number of aliphatic hydroxyl groups is 1. The molecule has 3 aromatic carbocycles. The van der Waals surface area contributed by atoms with E-state index in [0.29, 0.717) is 18.5 Å². The summed E-state index contributed by atoms with van der Waals surface area (Å²) in [6.45, 7) is 3.91. The van der Waals surface area contributed by atoms with Crippen LogP contribution in [-0.4, -0.2) is 41.2 Å². The predicted molar refractivity (Wildman–Crippen MR) is 157 cm³/mol. The second kappa shape index (κ2) is 12.8. The van der Waals surface area contributed by atoms with Crippen molar-refractivity contribution in [2.45, 2.75) is 75.6 Å². The van der Waals surface area contributed by atoms with Crippen molar-refractivity contribution in [1.29, 1.82) is 0 Å². The van der Waals surface area contributed by atoms with Gasteiger partial charge in [-0.25, -0.2) is 4.79 Å². The highest BCUT2D eigenvalue weighted by Gasteiger charge is 2.47. The molecule has 5 heteroatoms. The number of urea groups is 1. The predicted octanol–water partition coefficient (Wildman–Crippen LogP) is 6.40. The fraction of sp³-hybridized carbons (Fsp3) is 0.441. The number of hydrogen-bond donors (Lipinski definition) is 3. The molecular formula is C34H43N3O2. The first-order chi connectivity index (χ1) is 19.1. The minimum absolute atomic E-state index is 0.0374. The first kappa shape index (κ1) is 27.4. The van der Waals surface area contributed by atoms with Crippen molar-refractivity contribution < 1.29 is 9.90 Å². The van der Waals surface area contributed by atoms with Crippen LogP contribution in [0.3, 0.4) is 0 Å². The van der Waals surface area contributed by atoms with Gasteiger partial charge in [0.05, 0.1) is 6.04 Å². The molecule has 2 atom stereocenters. The van der Waals surface area contributed by atoms with Crippen LogP contribution in [0, 0.1) is 5.92 Å². The first-order valence-electron chi connectivity index (χ1n) is 14.7. The number of benzene rings is 3. The summed E-state index contributed by atoms with van der Waals surface area (Å²) in [6.07, 6.45) is 7.17. The molecule has 206 valence electrons. The molecule has 39 heavy (non-hydrogen) atoms. The molecule has 1 saturated heterocycles. The fourth-order valence-electron chi connectivity index (χ4n) is 6.60. The van der Waals surface area contributed by atoms with E-state index in [2.05, 4.69) is 47.9 Å².